The van der Waals surface area contributed by atoms with E-state index in [2.05, 4.69) is 31.3 Å². The number of aliphatic hydroxyl groups excluding tert-OH is 1. The molecule has 0 aliphatic heterocycles. The monoisotopic (exact) mass is 207 g/mol. The quantitative estimate of drug-likeness (QED) is 0.775. The molecule has 1 aromatic carbocycles. The molecule has 2 atom stereocenters. The van der Waals surface area contributed by atoms with Gasteiger partial charge < -0.3 is 10.4 Å². The number of aliphatic hydroxyl groups is 1. The summed E-state index contributed by atoms with van der Waals surface area (Å²) in [6.07, 6.45) is -0.321. The molecule has 0 aliphatic carbocycles. The van der Waals surface area contributed by atoms with Gasteiger partial charge in [-0.1, -0.05) is 44.2 Å². The molecule has 2 unspecified atom stereocenters. The fraction of sp³-hybridized carbons (Fsp3) is 0.538. The smallest absolute Gasteiger partial charge is 0.0592 e. The first-order valence-electron chi connectivity index (χ1n) is 5.57. The highest BCUT2D eigenvalue weighted by molar-refractivity contribution is 5.20. The second kappa shape index (κ2) is 5.89. The molecule has 0 saturated heterocycles. The highest BCUT2D eigenvalue weighted by Gasteiger charge is 2.16. The zero-order valence-electron chi connectivity index (χ0n) is 9.77. The molecule has 0 radical (unpaired) electrons. The average Bonchev–Trinajstić information content (AvgIpc) is 2.18. The van der Waals surface area contributed by atoms with Crippen LogP contribution in [0.15, 0.2) is 30.3 Å². The van der Waals surface area contributed by atoms with E-state index in [1.54, 1.807) is 0 Å². The molecule has 0 aromatic heterocycles. The molecule has 1 aromatic rings. The van der Waals surface area contributed by atoms with Gasteiger partial charge in [0.1, 0.15) is 0 Å². The second-order valence-electron chi connectivity index (χ2n) is 4.32. The lowest BCUT2D eigenvalue weighted by molar-refractivity contribution is 0.159. The van der Waals surface area contributed by atoms with Crippen LogP contribution in [0.2, 0.25) is 0 Å². The maximum Gasteiger partial charge on any atom is 0.0592 e. The standard InChI is InChI=1S/C13H21NO/c1-10(2)14-9-13(11(3)15)12-7-5-4-6-8-12/h4-8,10-11,13-15H,9H2,1-3H3. The van der Waals surface area contributed by atoms with Crippen LogP contribution in [-0.4, -0.2) is 23.8 Å². The van der Waals surface area contributed by atoms with Crippen molar-refractivity contribution in [3.8, 4) is 0 Å². The lowest BCUT2D eigenvalue weighted by Gasteiger charge is -2.22. The predicted octanol–water partition coefficient (Wildman–Crippen LogP) is 2.15. The normalized spacial score (nSPS) is 15.3. The Balaban J connectivity index is 2.66. The van der Waals surface area contributed by atoms with Crippen LogP contribution < -0.4 is 5.32 Å². The molecule has 0 fully saturated rings. The zero-order chi connectivity index (χ0) is 11.3. The maximum atomic E-state index is 9.74. The molecule has 0 amide bonds. The van der Waals surface area contributed by atoms with Gasteiger partial charge in [-0.2, -0.15) is 0 Å². The van der Waals surface area contributed by atoms with Crippen molar-refractivity contribution in [1.82, 2.24) is 5.32 Å². The highest BCUT2D eigenvalue weighted by atomic mass is 16.3. The van der Waals surface area contributed by atoms with Crippen molar-refractivity contribution in [2.75, 3.05) is 6.54 Å². The molecule has 2 nitrogen and oxygen atoms in total. The number of rotatable bonds is 5. The summed E-state index contributed by atoms with van der Waals surface area (Å²) in [5.41, 5.74) is 1.20. The molecular formula is C13H21NO. The molecule has 0 heterocycles. The molecule has 1 rings (SSSR count). The van der Waals surface area contributed by atoms with Crippen molar-refractivity contribution in [1.29, 1.82) is 0 Å². The lowest BCUT2D eigenvalue weighted by atomic mass is 9.94. The van der Waals surface area contributed by atoms with Crippen molar-refractivity contribution in [2.45, 2.75) is 38.8 Å². The van der Waals surface area contributed by atoms with Crippen LogP contribution in [0, 0.1) is 0 Å². The lowest BCUT2D eigenvalue weighted by Crippen LogP contribution is -2.32. The third kappa shape index (κ3) is 4.02. The van der Waals surface area contributed by atoms with E-state index in [0.29, 0.717) is 6.04 Å². The van der Waals surface area contributed by atoms with Crippen LogP contribution in [0.4, 0.5) is 0 Å². The van der Waals surface area contributed by atoms with E-state index in [1.807, 2.05) is 25.1 Å². The van der Waals surface area contributed by atoms with E-state index >= 15 is 0 Å². The zero-order valence-corrected chi connectivity index (χ0v) is 9.77. The Hall–Kier alpha value is -0.860. The number of hydrogen-bond donors (Lipinski definition) is 2. The van der Waals surface area contributed by atoms with Crippen molar-refractivity contribution < 1.29 is 5.11 Å². The van der Waals surface area contributed by atoms with Gasteiger partial charge in [-0.3, -0.25) is 0 Å². The Labute approximate surface area is 92.3 Å². The first-order valence-corrected chi connectivity index (χ1v) is 5.57. The van der Waals surface area contributed by atoms with Crippen LogP contribution in [-0.2, 0) is 0 Å². The summed E-state index contributed by atoms with van der Waals surface area (Å²) in [5, 5.41) is 13.1. The van der Waals surface area contributed by atoms with Gasteiger partial charge >= 0.3 is 0 Å². The molecule has 0 aliphatic rings. The fourth-order valence-corrected chi connectivity index (χ4v) is 1.63. The van der Waals surface area contributed by atoms with E-state index in [1.165, 1.54) is 5.56 Å². The van der Waals surface area contributed by atoms with Crippen molar-refractivity contribution in [3.05, 3.63) is 35.9 Å². The van der Waals surface area contributed by atoms with Gasteiger partial charge in [0.15, 0.2) is 0 Å². The minimum absolute atomic E-state index is 0.175. The van der Waals surface area contributed by atoms with Gasteiger partial charge in [0.05, 0.1) is 6.10 Å². The molecule has 15 heavy (non-hydrogen) atoms. The van der Waals surface area contributed by atoms with Crippen molar-refractivity contribution >= 4 is 0 Å². The van der Waals surface area contributed by atoms with Crippen LogP contribution in [0.5, 0.6) is 0 Å². The summed E-state index contributed by atoms with van der Waals surface area (Å²) in [5.74, 6) is 0.175. The van der Waals surface area contributed by atoms with Crippen LogP contribution in [0.25, 0.3) is 0 Å². The van der Waals surface area contributed by atoms with Gasteiger partial charge in [-0.05, 0) is 12.5 Å². The Morgan fingerprint density at radius 2 is 1.73 bits per heavy atom. The van der Waals surface area contributed by atoms with E-state index in [4.69, 9.17) is 0 Å². The summed E-state index contributed by atoms with van der Waals surface area (Å²) in [6, 6.07) is 10.6. The second-order valence-corrected chi connectivity index (χ2v) is 4.32. The minimum atomic E-state index is -0.321. The van der Waals surface area contributed by atoms with Gasteiger partial charge in [-0.25, -0.2) is 0 Å². The number of benzene rings is 1. The molecule has 0 saturated carbocycles. The summed E-state index contributed by atoms with van der Waals surface area (Å²) >= 11 is 0. The predicted molar refractivity (Wildman–Crippen MR) is 64.0 cm³/mol. The number of nitrogens with one attached hydrogen (secondary N) is 1. The molecular weight excluding hydrogens is 186 g/mol. The Bertz CT molecular complexity index is 269. The van der Waals surface area contributed by atoms with Gasteiger partial charge in [0.2, 0.25) is 0 Å². The summed E-state index contributed by atoms with van der Waals surface area (Å²) < 4.78 is 0. The third-order valence-corrected chi connectivity index (χ3v) is 2.56. The van der Waals surface area contributed by atoms with Crippen LogP contribution in [0.3, 0.4) is 0 Å². The Morgan fingerprint density at radius 1 is 1.13 bits per heavy atom. The molecule has 0 bridgehead atoms. The van der Waals surface area contributed by atoms with Gasteiger partial charge in [-0.15, -0.1) is 0 Å². The molecule has 84 valence electrons. The van der Waals surface area contributed by atoms with Crippen molar-refractivity contribution in [2.24, 2.45) is 0 Å². The van der Waals surface area contributed by atoms with E-state index < -0.39 is 0 Å². The third-order valence-electron chi connectivity index (χ3n) is 2.56. The van der Waals surface area contributed by atoms with Gasteiger partial charge in [0, 0.05) is 18.5 Å². The summed E-state index contributed by atoms with van der Waals surface area (Å²) in [4.78, 5) is 0. The van der Waals surface area contributed by atoms with E-state index in [0.717, 1.165) is 6.54 Å². The topological polar surface area (TPSA) is 32.3 Å². The van der Waals surface area contributed by atoms with E-state index in [-0.39, 0.29) is 12.0 Å². The van der Waals surface area contributed by atoms with E-state index in [9.17, 15) is 5.11 Å². The molecule has 0 spiro atoms. The first kappa shape index (κ1) is 12.2. The Morgan fingerprint density at radius 3 is 2.20 bits per heavy atom. The Kier molecular flexibility index (Phi) is 4.79. The van der Waals surface area contributed by atoms with Gasteiger partial charge in [0.25, 0.3) is 0 Å². The molecule has 2 N–H and O–H groups in total. The van der Waals surface area contributed by atoms with Crippen LogP contribution in [0.1, 0.15) is 32.3 Å². The molecule has 2 heteroatoms. The fourth-order valence-electron chi connectivity index (χ4n) is 1.63. The summed E-state index contributed by atoms with van der Waals surface area (Å²) in [6.45, 7) is 6.90. The highest BCUT2D eigenvalue weighted by Crippen LogP contribution is 2.18. The number of hydrogen-bond acceptors (Lipinski definition) is 2. The van der Waals surface area contributed by atoms with Crippen molar-refractivity contribution in [3.63, 3.8) is 0 Å². The summed E-state index contributed by atoms with van der Waals surface area (Å²) in [7, 11) is 0. The first-order chi connectivity index (χ1) is 7.11. The van der Waals surface area contributed by atoms with Crippen LogP contribution >= 0.6 is 0 Å². The SMILES string of the molecule is CC(C)NCC(c1ccccc1)C(C)O. The average molecular weight is 207 g/mol. The minimum Gasteiger partial charge on any atom is -0.393 e. The maximum absolute atomic E-state index is 9.74. The largest absolute Gasteiger partial charge is 0.393 e.